The van der Waals surface area contributed by atoms with Crippen molar-refractivity contribution >= 4 is 27.8 Å². The van der Waals surface area contributed by atoms with Gasteiger partial charge in [-0.1, -0.05) is 22.9 Å². The van der Waals surface area contributed by atoms with Gasteiger partial charge in [-0.3, -0.25) is 9.59 Å². The van der Waals surface area contributed by atoms with Gasteiger partial charge in [-0.25, -0.2) is 0 Å². The molecule has 0 saturated heterocycles. The Morgan fingerprint density at radius 1 is 1.42 bits per heavy atom. The number of amides is 1. The van der Waals surface area contributed by atoms with E-state index in [0.29, 0.717) is 10.9 Å². The number of aromatic hydroxyl groups is 1. The smallest absolute Gasteiger partial charge is 0.323 e. The third kappa shape index (κ3) is 3.96. The molecule has 104 valence electrons. The van der Waals surface area contributed by atoms with E-state index in [1.54, 1.807) is 13.0 Å². The van der Waals surface area contributed by atoms with Crippen molar-refractivity contribution in [2.75, 3.05) is 6.54 Å². The predicted octanol–water partition coefficient (Wildman–Crippen LogP) is 2.48. The number of halogens is 1. The largest absolute Gasteiger partial charge is 0.507 e. The van der Waals surface area contributed by atoms with Gasteiger partial charge in [0, 0.05) is 10.5 Å². The van der Waals surface area contributed by atoms with E-state index in [2.05, 4.69) is 15.9 Å². The van der Waals surface area contributed by atoms with Crippen LogP contribution in [0.15, 0.2) is 22.7 Å². The Hall–Kier alpha value is -1.56. The number of carboxylic acids is 1. The summed E-state index contributed by atoms with van der Waals surface area (Å²) < 4.78 is 0.646. The second-order valence-corrected chi connectivity index (χ2v) is 5.16. The molecule has 6 heteroatoms. The Morgan fingerprint density at radius 2 is 2.05 bits per heavy atom. The molecule has 0 aliphatic carbocycles. The van der Waals surface area contributed by atoms with Crippen molar-refractivity contribution < 1.29 is 19.8 Å². The van der Waals surface area contributed by atoms with Crippen LogP contribution in [0.4, 0.5) is 0 Å². The van der Waals surface area contributed by atoms with Crippen molar-refractivity contribution in [3.63, 3.8) is 0 Å². The molecule has 1 amide bonds. The summed E-state index contributed by atoms with van der Waals surface area (Å²) in [5.74, 6) is -1.73. The SMILES string of the molecule is CCC(C)N(CC(=O)O)C(=O)c1cc(Br)ccc1O. The van der Waals surface area contributed by atoms with Crippen LogP contribution in [0, 0.1) is 0 Å². The van der Waals surface area contributed by atoms with Crippen LogP contribution in [0.3, 0.4) is 0 Å². The van der Waals surface area contributed by atoms with Crippen molar-refractivity contribution in [1.29, 1.82) is 0 Å². The number of carbonyl (C=O) groups excluding carboxylic acids is 1. The Kier molecular flexibility index (Phi) is 5.35. The van der Waals surface area contributed by atoms with Gasteiger partial charge in [-0.05, 0) is 31.5 Å². The highest BCUT2D eigenvalue weighted by Gasteiger charge is 2.25. The quantitative estimate of drug-likeness (QED) is 0.869. The van der Waals surface area contributed by atoms with Crippen LogP contribution in [0.5, 0.6) is 5.75 Å². The van der Waals surface area contributed by atoms with E-state index in [0.717, 1.165) is 0 Å². The number of carboxylic acid groups (broad SMARTS) is 1. The maximum Gasteiger partial charge on any atom is 0.323 e. The fourth-order valence-electron chi connectivity index (χ4n) is 1.63. The van der Waals surface area contributed by atoms with E-state index in [-0.39, 0.29) is 23.9 Å². The first kappa shape index (κ1) is 15.5. The molecule has 1 aromatic rings. The minimum absolute atomic E-state index is 0.0934. The van der Waals surface area contributed by atoms with Gasteiger partial charge in [-0.2, -0.15) is 0 Å². The zero-order chi connectivity index (χ0) is 14.6. The lowest BCUT2D eigenvalue weighted by atomic mass is 10.1. The standard InChI is InChI=1S/C13H16BrNO4/c1-3-8(2)15(7-12(17)18)13(19)10-6-9(14)4-5-11(10)16/h4-6,8,16H,3,7H2,1-2H3,(H,17,18). The number of hydrogen-bond donors (Lipinski definition) is 2. The highest BCUT2D eigenvalue weighted by Crippen LogP contribution is 2.24. The Balaban J connectivity index is 3.11. The molecule has 0 aliphatic rings. The predicted molar refractivity (Wildman–Crippen MR) is 74.2 cm³/mol. The summed E-state index contributed by atoms with van der Waals surface area (Å²) >= 11 is 3.22. The monoisotopic (exact) mass is 329 g/mol. The normalized spacial score (nSPS) is 11.9. The fraction of sp³-hybridized carbons (Fsp3) is 0.385. The summed E-state index contributed by atoms with van der Waals surface area (Å²) in [6.45, 7) is 3.25. The molecule has 0 aromatic heterocycles. The van der Waals surface area contributed by atoms with E-state index in [1.165, 1.54) is 17.0 Å². The molecule has 2 N–H and O–H groups in total. The van der Waals surface area contributed by atoms with E-state index in [9.17, 15) is 14.7 Å². The first-order chi connectivity index (χ1) is 8.86. The van der Waals surface area contributed by atoms with E-state index < -0.39 is 11.9 Å². The molecular formula is C13H16BrNO4. The van der Waals surface area contributed by atoms with Gasteiger partial charge in [0.2, 0.25) is 0 Å². The molecule has 0 aliphatic heterocycles. The molecule has 0 fully saturated rings. The van der Waals surface area contributed by atoms with Gasteiger partial charge in [-0.15, -0.1) is 0 Å². The van der Waals surface area contributed by atoms with Crippen LogP contribution in [-0.2, 0) is 4.79 Å². The van der Waals surface area contributed by atoms with Crippen LogP contribution in [0.25, 0.3) is 0 Å². The maximum absolute atomic E-state index is 12.3. The molecule has 5 nitrogen and oxygen atoms in total. The number of phenols is 1. The lowest BCUT2D eigenvalue weighted by Crippen LogP contribution is -2.41. The molecular weight excluding hydrogens is 314 g/mol. The molecule has 0 saturated carbocycles. The van der Waals surface area contributed by atoms with Crippen molar-refractivity contribution in [1.82, 2.24) is 4.90 Å². The lowest BCUT2D eigenvalue weighted by Gasteiger charge is -2.27. The van der Waals surface area contributed by atoms with Gasteiger partial charge in [0.25, 0.3) is 5.91 Å². The number of hydrogen-bond acceptors (Lipinski definition) is 3. The van der Waals surface area contributed by atoms with Crippen LogP contribution in [0.2, 0.25) is 0 Å². The second-order valence-electron chi connectivity index (χ2n) is 4.25. The summed E-state index contributed by atoms with van der Waals surface area (Å²) in [5, 5.41) is 18.6. The van der Waals surface area contributed by atoms with Gasteiger partial charge in [0.05, 0.1) is 5.56 Å². The van der Waals surface area contributed by atoms with Crippen LogP contribution in [0.1, 0.15) is 30.6 Å². The van der Waals surface area contributed by atoms with Crippen molar-refractivity contribution in [3.05, 3.63) is 28.2 Å². The summed E-state index contributed by atoms with van der Waals surface area (Å²) in [4.78, 5) is 24.4. The Morgan fingerprint density at radius 3 is 2.58 bits per heavy atom. The molecule has 1 aromatic carbocycles. The van der Waals surface area contributed by atoms with E-state index in [4.69, 9.17) is 5.11 Å². The van der Waals surface area contributed by atoms with Crippen LogP contribution >= 0.6 is 15.9 Å². The van der Waals surface area contributed by atoms with Gasteiger partial charge in [0.15, 0.2) is 0 Å². The zero-order valence-corrected chi connectivity index (χ0v) is 12.3. The molecule has 0 heterocycles. The van der Waals surface area contributed by atoms with Gasteiger partial charge < -0.3 is 15.1 Å². The molecule has 0 bridgehead atoms. The third-order valence-corrected chi connectivity index (χ3v) is 3.37. The lowest BCUT2D eigenvalue weighted by molar-refractivity contribution is -0.138. The number of benzene rings is 1. The summed E-state index contributed by atoms with van der Waals surface area (Å²) in [6.07, 6.45) is 0.633. The Labute approximate surface area is 120 Å². The number of aliphatic carboxylic acids is 1. The Bertz CT molecular complexity index is 490. The highest BCUT2D eigenvalue weighted by atomic mass is 79.9. The average Bonchev–Trinajstić information content (AvgIpc) is 2.37. The third-order valence-electron chi connectivity index (χ3n) is 2.88. The molecule has 1 unspecified atom stereocenters. The molecule has 1 atom stereocenters. The number of carbonyl (C=O) groups is 2. The van der Waals surface area contributed by atoms with E-state index in [1.807, 2.05) is 6.92 Å². The summed E-state index contributed by atoms with van der Waals surface area (Å²) in [7, 11) is 0. The van der Waals surface area contributed by atoms with Crippen molar-refractivity contribution in [3.8, 4) is 5.75 Å². The van der Waals surface area contributed by atoms with Gasteiger partial charge >= 0.3 is 5.97 Å². The number of rotatable bonds is 5. The van der Waals surface area contributed by atoms with Crippen molar-refractivity contribution in [2.45, 2.75) is 26.3 Å². The number of phenolic OH excluding ortho intramolecular Hbond substituents is 1. The first-order valence-corrected chi connectivity index (χ1v) is 6.67. The van der Waals surface area contributed by atoms with Gasteiger partial charge in [0.1, 0.15) is 12.3 Å². The molecule has 1 rings (SSSR count). The molecule has 0 spiro atoms. The first-order valence-electron chi connectivity index (χ1n) is 5.88. The zero-order valence-electron chi connectivity index (χ0n) is 10.8. The van der Waals surface area contributed by atoms with E-state index >= 15 is 0 Å². The minimum atomic E-state index is -1.08. The molecule has 0 radical (unpaired) electrons. The summed E-state index contributed by atoms with van der Waals surface area (Å²) in [6, 6.07) is 4.26. The molecule has 19 heavy (non-hydrogen) atoms. The second kappa shape index (κ2) is 6.56. The minimum Gasteiger partial charge on any atom is -0.507 e. The highest BCUT2D eigenvalue weighted by molar-refractivity contribution is 9.10. The van der Waals surface area contributed by atoms with Crippen LogP contribution in [-0.4, -0.2) is 39.6 Å². The maximum atomic E-state index is 12.3. The van der Waals surface area contributed by atoms with Crippen molar-refractivity contribution in [2.24, 2.45) is 0 Å². The fourth-order valence-corrected chi connectivity index (χ4v) is 1.99. The topological polar surface area (TPSA) is 77.8 Å². The average molecular weight is 330 g/mol. The summed E-state index contributed by atoms with van der Waals surface area (Å²) in [5.41, 5.74) is 0.0934. The van der Waals surface area contributed by atoms with Crippen LogP contribution < -0.4 is 0 Å². The number of nitrogens with zero attached hydrogens (tertiary/aromatic N) is 1.